The van der Waals surface area contributed by atoms with Gasteiger partial charge in [-0.05, 0) is 32.4 Å². The van der Waals surface area contributed by atoms with Crippen LogP contribution in [0.3, 0.4) is 0 Å². The van der Waals surface area contributed by atoms with Gasteiger partial charge in [-0.1, -0.05) is 0 Å². The summed E-state index contributed by atoms with van der Waals surface area (Å²) in [6.07, 6.45) is 4.14. The van der Waals surface area contributed by atoms with Crippen LogP contribution in [0.5, 0.6) is 0 Å². The molecule has 0 saturated carbocycles. The molecular formula is C10H19N3. The number of piperidine rings is 1. The van der Waals surface area contributed by atoms with Gasteiger partial charge in [0.1, 0.15) is 0 Å². The van der Waals surface area contributed by atoms with E-state index in [1.807, 2.05) is 0 Å². The van der Waals surface area contributed by atoms with Crippen LogP contribution >= 0.6 is 0 Å². The Bertz CT molecular complexity index is 195. The maximum absolute atomic E-state index is 3.71. The predicted molar refractivity (Wildman–Crippen MR) is 52.8 cm³/mol. The number of piperazine rings is 1. The third-order valence-electron chi connectivity index (χ3n) is 3.91. The Balaban J connectivity index is 1.77. The highest BCUT2D eigenvalue weighted by Crippen LogP contribution is 2.26. The highest BCUT2D eigenvalue weighted by Gasteiger charge is 2.39. The van der Waals surface area contributed by atoms with E-state index in [1.165, 1.54) is 45.4 Å². The minimum Gasteiger partial charge on any atom is -0.315 e. The van der Waals surface area contributed by atoms with Gasteiger partial charge in [0.15, 0.2) is 0 Å². The lowest BCUT2D eigenvalue weighted by Crippen LogP contribution is -2.65. The van der Waals surface area contributed by atoms with E-state index in [4.69, 9.17) is 0 Å². The van der Waals surface area contributed by atoms with Crippen molar-refractivity contribution >= 4 is 0 Å². The first-order chi connectivity index (χ1) is 6.45. The van der Waals surface area contributed by atoms with Gasteiger partial charge in [-0.15, -0.1) is 0 Å². The molecule has 3 heteroatoms. The fourth-order valence-electron chi connectivity index (χ4n) is 3.23. The van der Waals surface area contributed by atoms with Gasteiger partial charge in [0.2, 0.25) is 0 Å². The molecule has 0 aliphatic carbocycles. The van der Waals surface area contributed by atoms with Crippen LogP contribution < -0.4 is 10.6 Å². The summed E-state index contributed by atoms with van der Waals surface area (Å²) in [4.78, 5) is 2.74. The Labute approximate surface area is 79.9 Å². The molecule has 0 spiro atoms. The van der Waals surface area contributed by atoms with Crippen LogP contribution in [0.2, 0.25) is 0 Å². The summed E-state index contributed by atoms with van der Waals surface area (Å²) < 4.78 is 0. The third kappa shape index (κ3) is 1.30. The average Bonchev–Trinajstić information content (AvgIpc) is 2.65. The van der Waals surface area contributed by atoms with Crippen LogP contribution in [-0.2, 0) is 0 Å². The first-order valence-corrected chi connectivity index (χ1v) is 5.65. The van der Waals surface area contributed by atoms with Crippen LogP contribution in [0, 0.1) is 0 Å². The molecule has 2 N–H and O–H groups in total. The van der Waals surface area contributed by atoms with E-state index in [0.717, 1.165) is 18.1 Å². The summed E-state index contributed by atoms with van der Waals surface area (Å²) in [6, 6.07) is 2.41. The van der Waals surface area contributed by atoms with Gasteiger partial charge in [-0.2, -0.15) is 0 Å². The topological polar surface area (TPSA) is 27.3 Å². The molecule has 3 rings (SSSR count). The zero-order valence-electron chi connectivity index (χ0n) is 8.13. The number of hydrogen-bond donors (Lipinski definition) is 2. The lowest BCUT2D eigenvalue weighted by molar-refractivity contribution is 0.0784. The summed E-state index contributed by atoms with van der Waals surface area (Å²) in [7, 11) is 0. The van der Waals surface area contributed by atoms with E-state index in [1.54, 1.807) is 0 Å². The van der Waals surface area contributed by atoms with E-state index < -0.39 is 0 Å². The molecule has 3 unspecified atom stereocenters. The number of nitrogens with one attached hydrogen (secondary N) is 2. The third-order valence-corrected chi connectivity index (χ3v) is 3.91. The molecule has 3 heterocycles. The smallest absolute Gasteiger partial charge is 0.0377 e. The van der Waals surface area contributed by atoms with Crippen molar-refractivity contribution in [1.82, 2.24) is 15.5 Å². The quantitative estimate of drug-likeness (QED) is 0.541. The number of nitrogens with zero attached hydrogens (tertiary/aromatic N) is 1. The molecule has 3 atom stereocenters. The lowest BCUT2D eigenvalue weighted by atomic mass is 9.95. The molecule has 0 amide bonds. The van der Waals surface area contributed by atoms with Crippen molar-refractivity contribution in [2.75, 3.05) is 26.2 Å². The Hall–Kier alpha value is -0.120. The summed E-state index contributed by atoms with van der Waals surface area (Å²) in [6.45, 7) is 4.98. The Morgan fingerprint density at radius 3 is 3.15 bits per heavy atom. The summed E-state index contributed by atoms with van der Waals surface area (Å²) in [5, 5.41) is 7.23. The molecule has 13 heavy (non-hydrogen) atoms. The van der Waals surface area contributed by atoms with E-state index >= 15 is 0 Å². The van der Waals surface area contributed by atoms with Crippen molar-refractivity contribution in [3.8, 4) is 0 Å². The van der Waals surface area contributed by atoms with E-state index in [2.05, 4.69) is 15.5 Å². The standard InChI is InChI=1S/C10H19N3/c1-2-8-6-12-9-3-4-11-7-10(9)13(8)5-1/h8-12H,1-7H2. The van der Waals surface area contributed by atoms with E-state index in [0.29, 0.717) is 0 Å². The molecule has 3 nitrogen and oxygen atoms in total. The zero-order valence-corrected chi connectivity index (χ0v) is 8.13. The van der Waals surface area contributed by atoms with Gasteiger partial charge in [-0.3, -0.25) is 4.90 Å². The van der Waals surface area contributed by atoms with Crippen LogP contribution in [0.25, 0.3) is 0 Å². The lowest BCUT2D eigenvalue weighted by Gasteiger charge is -2.46. The molecule has 3 fully saturated rings. The molecule has 0 radical (unpaired) electrons. The second-order valence-electron chi connectivity index (χ2n) is 4.61. The highest BCUT2D eigenvalue weighted by atomic mass is 15.3. The summed E-state index contributed by atoms with van der Waals surface area (Å²) >= 11 is 0. The van der Waals surface area contributed by atoms with Crippen LogP contribution in [0.15, 0.2) is 0 Å². The monoisotopic (exact) mass is 181 g/mol. The fraction of sp³-hybridized carbons (Fsp3) is 1.00. The number of hydrogen-bond acceptors (Lipinski definition) is 3. The van der Waals surface area contributed by atoms with Crippen molar-refractivity contribution in [3.63, 3.8) is 0 Å². The van der Waals surface area contributed by atoms with Crippen molar-refractivity contribution in [1.29, 1.82) is 0 Å². The molecular weight excluding hydrogens is 162 g/mol. The molecule has 74 valence electrons. The highest BCUT2D eigenvalue weighted by molar-refractivity contribution is 5.00. The number of fused-ring (bicyclic) bond motifs is 3. The van der Waals surface area contributed by atoms with Gasteiger partial charge >= 0.3 is 0 Å². The molecule has 0 aromatic heterocycles. The SMILES string of the molecule is C1CC2CNC3CCNCC3N2C1. The van der Waals surface area contributed by atoms with Crippen molar-refractivity contribution < 1.29 is 0 Å². The first-order valence-electron chi connectivity index (χ1n) is 5.65. The van der Waals surface area contributed by atoms with Crippen LogP contribution in [-0.4, -0.2) is 49.2 Å². The predicted octanol–water partition coefficient (Wildman–Crippen LogP) is -0.215. The van der Waals surface area contributed by atoms with Gasteiger partial charge in [0, 0.05) is 31.2 Å². The molecule has 0 aromatic carbocycles. The largest absolute Gasteiger partial charge is 0.315 e. The van der Waals surface area contributed by atoms with Gasteiger partial charge in [0.25, 0.3) is 0 Å². The second-order valence-corrected chi connectivity index (χ2v) is 4.61. The Morgan fingerprint density at radius 1 is 1.15 bits per heavy atom. The normalized spacial score (nSPS) is 45.7. The molecule has 3 aliphatic heterocycles. The Kier molecular flexibility index (Phi) is 2.04. The van der Waals surface area contributed by atoms with Gasteiger partial charge in [0.05, 0.1) is 0 Å². The van der Waals surface area contributed by atoms with Crippen LogP contribution in [0.4, 0.5) is 0 Å². The molecule has 3 aliphatic rings. The molecule has 0 aromatic rings. The molecule has 3 saturated heterocycles. The van der Waals surface area contributed by atoms with E-state index in [-0.39, 0.29) is 0 Å². The fourth-order valence-corrected chi connectivity index (χ4v) is 3.23. The maximum Gasteiger partial charge on any atom is 0.0377 e. The van der Waals surface area contributed by atoms with E-state index in [9.17, 15) is 0 Å². The Morgan fingerprint density at radius 2 is 2.15 bits per heavy atom. The van der Waals surface area contributed by atoms with Crippen LogP contribution in [0.1, 0.15) is 19.3 Å². The minimum atomic E-state index is 0.774. The zero-order chi connectivity index (χ0) is 8.67. The average molecular weight is 181 g/mol. The van der Waals surface area contributed by atoms with Crippen molar-refractivity contribution in [3.05, 3.63) is 0 Å². The minimum absolute atomic E-state index is 0.774. The van der Waals surface area contributed by atoms with Gasteiger partial charge < -0.3 is 10.6 Å². The maximum atomic E-state index is 3.71. The first kappa shape index (κ1) is 8.21. The summed E-state index contributed by atoms with van der Waals surface area (Å²) in [5.74, 6) is 0. The molecule has 0 bridgehead atoms. The second kappa shape index (κ2) is 3.23. The van der Waals surface area contributed by atoms with Crippen molar-refractivity contribution in [2.45, 2.75) is 37.4 Å². The number of rotatable bonds is 0. The summed E-state index contributed by atoms with van der Waals surface area (Å²) in [5.41, 5.74) is 0. The van der Waals surface area contributed by atoms with Crippen molar-refractivity contribution in [2.24, 2.45) is 0 Å². The van der Waals surface area contributed by atoms with Gasteiger partial charge in [-0.25, -0.2) is 0 Å².